The van der Waals surface area contributed by atoms with Crippen LogP contribution in [-0.4, -0.2) is 12.5 Å². The Morgan fingerprint density at radius 1 is 1.38 bits per heavy atom. The van der Waals surface area contributed by atoms with Crippen LogP contribution in [0.25, 0.3) is 0 Å². The lowest BCUT2D eigenvalue weighted by molar-refractivity contribution is -0.116. The lowest BCUT2D eigenvalue weighted by Crippen LogP contribution is -2.13. The summed E-state index contributed by atoms with van der Waals surface area (Å²) >= 11 is 1.57. The number of aryl methyl sites for hydroxylation is 1. The van der Waals surface area contributed by atoms with E-state index in [9.17, 15) is 10.1 Å². The molecule has 1 heterocycles. The average Bonchev–Trinajstić information content (AvgIpc) is 2.96. The van der Waals surface area contributed by atoms with E-state index in [1.54, 1.807) is 11.3 Å². The van der Waals surface area contributed by atoms with Crippen molar-refractivity contribution in [2.75, 3.05) is 11.9 Å². The molecule has 1 amide bonds. The molecule has 1 aromatic heterocycles. The quantitative estimate of drug-likeness (QED) is 0.741. The molecule has 1 aliphatic carbocycles. The van der Waals surface area contributed by atoms with Crippen LogP contribution in [0, 0.1) is 24.2 Å². The maximum atomic E-state index is 12.2. The van der Waals surface area contributed by atoms with Gasteiger partial charge in [-0.2, -0.15) is 5.26 Å². The largest absolute Gasteiger partial charge is 0.494 e. The molecular weight excluding hydrogens is 344 g/mol. The van der Waals surface area contributed by atoms with Gasteiger partial charge in [-0.05, 0) is 56.2 Å². The predicted octanol–water partition coefficient (Wildman–Crippen LogP) is 4.85. The second kappa shape index (κ2) is 8.37. The first-order chi connectivity index (χ1) is 12.6. The number of hydrogen-bond donors (Lipinski definition) is 1. The second-order valence-corrected chi connectivity index (χ2v) is 8.09. The predicted molar refractivity (Wildman–Crippen MR) is 105 cm³/mol. The van der Waals surface area contributed by atoms with Gasteiger partial charge in [0.05, 0.1) is 12.2 Å². The van der Waals surface area contributed by atoms with E-state index in [1.807, 2.05) is 31.2 Å². The third-order valence-electron chi connectivity index (χ3n) is 4.71. The molecule has 4 nitrogen and oxygen atoms in total. The van der Waals surface area contributed by atoms with Gasteiger partial charge in [0.1, 0.15) is 16.8 Å². The second-order valence-electron chi connectivity index (χ2n) is 6.98. The fraction of sp³-hybridized carbons (Fsp3) is 0.429. The molecule has 1 aromatic carbocycles. The third kappa shape index (κ3) is 4.44. The summed E-state index contributed by atoms with van der Waals surface area (Å²) in [6.45, 7) is 4.77. The average molecular weight is 369 g/mol. The normalized spacial score (nSPS) is 15.8. The number of carbonyl (C=O) groups excluding carboxylic acids is 1. The number of fused-ring (bicyclic) bond motifs is 1. The van der Waals surface area contributed by atoms with Crippen LogP contribution < -0.4 is 10.1 Å². The van der Waals surface area contributed by atoms with E-state index in [-0.39, 0.29) is 5.91 Å². The molecule has 1 aliphatic rings. The standard InChI is InChI=1S/C21H24N2O2S/c1-14-5-8-16(9-6-14)25-11-3-4-20(24)23-21-18(13-22)17-10-7-15(2)12-19(17)26-21/h5-6,8-9,15H,3-4,7,10-12H2,1-2H3,(H,23,24)/t15-/m1/s1. The summed E-state index contributed by atoms with van der Waals surface area (Å²) in [5.74, 6) is 1.42. The van der Waals surface area contributed by atoms with Crippen LogP contribution in [0.15, 0.2) is 24.3 Å². The molecule has 0 unspecified atom stereocenters. The fourth-order valence-corrected chi connectivity index (χ4v) is 4.58. The van der Waals surface area contributed by atoms with Crippen molar-refractivity contribution in [3.05, 3.63) is 45.8 Å². The van der Waals surface area contributed by atoms with Crippen molar-refractivity contribution in [1.82, 2.24) is 0 Å². The molecule has 0 fully saturated rings. The van der Waals surface area contributed by atoms with Crippen molar-refractivity contribution in [3.8, 4) is 11.8 Å². The summed E-state index contributed by atoms with van der Waals surface area (Å²) in [4.78, 5) is 13.5. The summed E-state index contributed by atoms with van der Waals surface area (Å²) in [7, 11) is 0. The van der Waals surface area contributed by atoms with E-state index in [1.165, 1.54) is 10.4 Å². The van der Waals surface area contributed by atoms with Crippen LogP contribution >= 0.6 is 11.3 Å². The highest BCUT2D eigenvalue weighted by Gasteiger charge is 2.24. The Morgan fingerprint density at radius 3 is 2.88 bits per heavy atom. The summed E-state index contributed by atoms with van der Waals surface area (Å²) in [6, 6.07) is 10.2. The van der Waals surface area contributed by atoms with Crippen molar-refractivity contribution in [2.45, 2.75) is 46.0 Å². The number of nitrogens with zero attached hydrogens (tertiary/aromatic N) is 1. The number of anilines is 1. The molecule has 0 saturated heterocycles. The van der Waals surface area contributed by atoms with Gasteiger partial charge in [0, 0.05) is 11.3 Å². The fourth-order valence-electron chi connectivity index (χ4n) is 3.20. The van der Waals surface area contributed by atoms with Gasteiger partial charge in [0.15, 0.2) is 0 Å². The van der Waals surface area contributed by atoms with Gasteiger partial charge >= 0.3 is 0 Å². The molecule has 0 saturated carbocycles. The Hall–Kier alpha value is -2.32. The zero-order valence-corrected chi connectivity index (χ0v) is 16.1. The minimum Gasteiger partial charge on any atom is -0.494 e. The molecule has 0 radical (unpaired) electrons. The molecule has 136 valence electrons. The first-order valence-corrected chi connectivity index (χ1v) is 9.92. The van der Waals surface area contributed by atoms with Gasteiger partial charge in [0.25, 0.3) is 0 Å². The highest BCUT2D eigenvalue weighted by Crippen LogP contribution is 2.39. The summed E-state index contributed by atoms with van der Waals surface area (Å²) in [5, 5.41) is 13.1. The number of rotatable bonds is 6. The van der Waals surface area contributed by atoms with E-state index in [2.05, 4.69) is 18.3 Å². The number of nitrogens with one attached hydrogen (secondary N) is 1. The first-order valence-electron chi connectivity index (χ1n) is 9.10. The zero-order valence-electron chi connectivity index (χ0n) is 15.3. The van der Waals surface area contributed by atoms with Crippen molar-refractivity contribution in [3.63, 3.8) is 0 Å². The summed E-state index contributed by atoms with van der Waals surface area (Å²) in [5.41, 5.74) is 3.01. The Balaban J connectivity index is 1.50. The number of thiophene rings is 1. The van der Waals surface area contributed by atoms with Gasteiger partial charge in [0.2, 0.25) is 5.91 Å². The van der Waals surface area contributed by atoms with Gasteiger partial charge in [-0.3, -0.25) is 4.79 Å². The Bertz CT molecular complexity index is 818. The highest BCUT2D eigenvalue weighted by atomic mass is 32.1. The molecule has 26 heavy (non-hydrogen) atoms. The SMILES string of the molecule is Cc1ccc(OCCCC(=O)Nc2sc3c(c2C#N)CC[C@@H](C)C3)cc1. The lowest BCUT2D eigenvalue weighted by atomic mass is 9.89. The molecular formula is C21H24N2O2S. The van der Waals surface area contributed by atoms with Crippen LogP contribution in [0.4, 0.5) is 5.00 Å². The highest BCUT2D eigenvalue weighted by molar-refractivity contribution is 7.16. The van der Waals surface area contributed by atoms with Crippen molar-refractivity contribution in [1.29, 1.82) is 5.26 Å². The van der Waals surface area contributed by atoms with E-state index in [4.69, 9.17) is 4.74 Å². The third-order valence-corrected chi connectivity index (χ3v) is 5.88. The zero-order chi connectivity index (χ0) is 18.5. The van der Waals surface area contributed by atoms with Crippen molar-refractivity contribution < 1.29 is 9.53 Å². The molecule has 5 heteroatoms. The number of hydrogen-bond acceptors (Lipinski definition) is 4. The smallest absolute Gasteiger partial charge is 0.225 e. The van der Waals surface area contributed by atoms with E-state index >= 15 is 0 Å². The maximum absolute atomic E-state index is 12.2. The Kier molecular flexibility index (Phi) is 5.95. The number of amides is 1. The van der Waals surface area contributed by atoms with E-state index in [0.717, 1.165) is 35.6 Å². The molecule has 1 atom stereocenters. The molecule has 0 aliphatic heterocycles. The van der Waals surface area contributed by atoms with Crippen LogP contribution in [-0.2, 0) is 17.6 Å². The van der Waals surface area contributed by atoms with Crippen molar-refractivity contribution in [2.24, 2.45) is 5.92 Å². The minimum absolute atomic E-state index is 0.0550. The van der Waals surface area contributed by atoms with E-state index in [0.29, 0.717) is 30.9 Å². The first kappa shape index (κ1) is 18.5. The van der Waals surface area contributed by atoms with Gasteiger partial charge in [-0.25, -0.2) is 0 Å². The summed E-state index contributed by atoms with van der Waals surface area (Å²) in [6.07, 6.45) is 4.09. The maximum Gasteiger partial charge on any atom is 0.225 e. The Morgan fingerprint density at radius 2 is 2.15 bits per heavy atom. The monoisotopic (exact) mass is 368 g/mol. The number of benzene rings is 1. The van der Waals surface area contributed by atoms with Crippen LogP contribution in [0.3, 0.4) is 0 Å². The molecule has 3 rings (SSSR count). The van der Waals surface area contributed by atoms with Gasteiger partial charge < -0.3 is 10.1 Å². The van der Waals surface area contributed by atoms with Crippen LogP contribution in [0.1, 0.15) is 47.8 Å². The molecule has 1 N–H and O–H groups in total. The number of carbonyl (C=O) groups is 1. The van der Waals surface area contributed by atoms with Crippen molar-refractivity contribution >= 4 is 22.2 Å². The molecule has 0 spiro atoms. The van der Waals surface area contributed by atoms with Gasteiger partial charge in [-0.1, -0.05) is 24.6 Å². The topological polar surface area (TPSA) is 62.1 Å². The lowest BCUT2D eigenvalue weighted by Gasteiger charge is -2.17. The van der Waals surface area contributed by atoms with E-state index < -0.39 is 0 Å². The summed E-state index contributed by atoms with van der Waals surface area (Å²) < 4.78 is 5.65. The number of nitriles is 1. The minimum atomic E-state index is -0.0550. The van der Waals surface area contributed by atoms with Crippen LogP contribution in [0.5, 0.6) is 5.75 Å². The molecule has 2 aromatic rings. The molecule has 0 bridgehead atoms. The number of ether oxygens (including phenoxy) is 1. The van der Waals surface area contributed by atoms with Crippen LogP contribution in [0.2, 0.25) is 0 Å². The van der Waals surface area contributed by atoms with Gasteiger partial charge in [-0.15, -0.1) is 11.3 Å². The Labute approximate surface area is 158 Å².